The van der Waals surface area contributed by atoms with Crippen molar-refractivity contribution < 1.29 is 4.79 Å². The van der Waals surface area contributed by atoms with E-state index in [0.717, 1.165) is 15.3 Å². The number of hydrogen-bond donors (Lipinski definition) is 1. The van der Waals surface area contributed by atoms with E-state index in [2.05, 4.69) is 26.3 Å². The summed E-state index contributed by atoms with van der Waals surface area (Å²) in [6.07, 6.45) is 5.59. The fourth-order valence-electron chi connectivity index (χ4n) is 1.28. The second-order valence-electron chi connectivity index (χ2n) is 3.25. The third-order valence-electron chi connectivity index (χ3n) is 1.95. The van der Waals surface area contributed by atoms with Crippen LogP contribution >= 0.6 is 27.7 Å². The Labute approximate surface area is 106 Å². The van der Waals surface area contributed by atoms with E-state index in [1.807, 2.05) is 18.3 Å². The Morgan fingerprint density at radius 1 is 1.69 bits per heavy atom. The molecule has 1 amide bonds. The average molecular weight is 300 g/mol. The van der Waals surface area contributed by atoms with Crippen LogP contribution in [-0.4, -0.2) is 21.8 Å². The minimum Gasteiger partial charge on any atom is -0.281 e. The van der Waals surface area contributed by atoms with Crippen molar-refractivity contribution in [2.75, 3.05) is 5.88 Å². The first kappa shape index (κ1) is 11.5. The van der Waals surface area contributed by atoms with Gasteiger partial charge >= 0.3 is 0 Å². The highest BCUT2D eigenvalue weighted by molar-refractivity contribution is 9.14. The molecule has 0 unspecified atom stereocenters. The molecule has 16 heavy (non-hydrogen) atoms. The van der Waals surface area contributed by atoms with Gasteiger partial charge in [0.15, 0.2) is 0 Å². The molecule has 4 nitrogen and oxygen atoms in total. The number of nitrogens with one attached hydrogen (secondary N) is 1. The number of carbonyl (C=O) groups is 1. The highest BCUT2D eigenvalue weighted by atomic mass is 79.9. The van der Waals surface area contributed by atoms with Gasteiger partial charge in [-0.3, -0.25) is 20.2 Å². The molecule has 0 saturated heterocycles. The predicted octanol–water partition coefficient (Wildman–Crippen LogP) is 1.86. The Morgan fingerprint density at radius 3 is 3.19 bits per heavy atom. The fourth-order valence-corrected chi connectivity index (χ4v) is 2.44. The topological polar surface area (TPSA) is 45.2 Å². The number of aromatic nitrogens is 1. The Bertz CT molecular complexity index is 410. The zero-order chi connectivity index (χ0) is 11.4. The molecule has 0 aliphatic carbocycles. The molecule has 0 fully saturated rings. The monoisotopic (exact) mass is 299 g/mol. The number of thioether (sulfide) groups is 1. The normalized spacial score (nSPS) is 14.8. The van der Waals surface area contributed by atoms with Gasteiger partial charge in [0.2, 0.25) is 5.91 Å². The van der Waals surface area contributed by atoms with Crippen molar-refractivity contribution in [1.29, 1.82) is 0 Å². The molecule has 1 aromatic rings. The molecule has 1 aliphatic heterocycles. The third-order valence-corrected chi connectivity index (χ3v) is 3.63. The predicted molar refractivity (Wildman–Crippen MR) is 67.4 cm³/mol. The molecule has 84 valence electrons. The van der Waals surface area contributed by atoms with Crippen LogP contribution in [0.2, 0.25) is 0 Å². The lowest BCUT2D eigenvalue weighted by molar-refractivity contribution is -0.123. The van der Waals surface area contributed by atoms with Gasteiger partial charge in [0.05, 0.1) is 16.1 Å². The van der Waals surface area contributed by atoms with E-state index in [1.54, 1.807) is 29.2 Å². The van der Waals surface area contributed by atoms with Crippen LogP contribution in [-0.2, 0) is 11.2 Å². The molecule has 1 aromatic heterocycles. The molecule has 2 heterocycles. The van der Waals surface area contributed by atoms with Crippen molar-refractivity contribution in [3.05, 3.63) is 40.1 Å². The number of hydrazine groups is 1. The Balaban J connectivity index is 1.85. The number of nitrogens with zero attached hydrogens (tertiary/aromatic N) is 2. The van der Waals surface area contributed by atoms with Crippen LogP contribution in [0, 0.1) is 0 Å². The molecule has 1 aliphatic rings. The minimum absolute atomic E-state index is 0.0351. The van der Waals surface area contributed by atoms with Crippen LogP contribution in [0.3, 0.4) is 0 Å². The van der Waals surface area contributed by atoms with Crippen molar-refractivity contribution in [1.82, 2.24) is 15.4 Å². The minimum atomic E-state index is -0.0351. The number of amides is 1. The zero-order valence-corrected chi connectivity index (χ0v) is 10.8. The first-order valence-electron chi connectivity index (χ1n) is 4.69. The van der Waals surface area contributed by atoms with E-state index in [4.69, 9.17) is 0 Å². The molecule has 0 saturated carbocycles. The van der Waals surface area contributed by atoms with Crippen LogP contribution in [0.5, 0.6) is 0 Å². The summed E-state index contributed by atoms with van der Waals surface area (Å²) in [6, 6.07) is 3.71. The standard InChI is InChI=1S/C10H10BrN3OS/c11-9-6-14(7-16-9)13-10(15)4-8-2-1-3-12-5-8/h1-3,5-6H,4,7H2,(H,13,15). The molecule has 0 aromatic carbocycles. The number of rotatable bonds is 3. The van der Waals surface area contributed by atoms with Gasteiger partial charge in [-0.15, -0.1) is 0 Å². The van der Waals surface area contributed by atoms with Crippen LogP contribution in [0.4, 0.5) is 0 Å². The molecule has 0 atom stereocenters. The van der Waals surface area contributed by atoms with Crippen molar-refractivity contribution in [3.8, 4) is 0 Å². The Kier molecular flexibility index (Phi) is 3.84. The van der Waals surface area contributed by atoms with Crippen LogP contribution in [0.1, 0.15) is 5.56 Å². The summed E-state index contributed by atoms with van der Waals surface area (Å²) in [7, 11) is 0. The van der Waals surface area contributed by atoms with Crippen LogP contribution in [0.15, 0.2) is 34.5 Å². The van der Waals surface area contributed by atoms with Gasteiger partial charge in [-0.2, -0.15) is 0 Å². The number of halogens is 1. The summed E-state index contributed by atoms with van der Waals surface area (Å²) in [5, 5.41) is 1.76. The van der Waals surface area contributed by atoms with E-state index >= 15 is 0 Å². The van der Waals surface area contributed by atoms with Gasteiger partial charge in [0.25, 0.3) is 0 Å². The van der Waals surface area contributed by atoms with Gasteiger partial charge in [-0.05, 0) is 27.6 Å². The van der Waals surface area contributed by atoms with Crippen LogP contribution < -0.4 is 5.43 Å². The maximum absolute atomic E-state index is 11.6. The summed E-state index contributed by atoms with van der Waals surface area (Å²) in [5.41, 5.74) is 3.71. The fraction of sp³-hybridized carbons (Fsp3) is 0.200. The molecular formula is C10H10BrN3OS. The van der Waals surface area contributed by atoms with E-state index in [-0.39, 0.29) is 5.91 Å². The van der Waals surface area contributed by atoms with Crippen molar-refractivity contribution in [3.63, 3.8) is 0 Å². The Morgan fingerprint density at radius 2 is 2.56 bits per heavy atom. The molecular weight excluding hydrogens is 290 g/mol. The summed E-state index contributed by atoms with van der Waals surface area (Å²) >= 11 is 4.99. The first-order chi connectivity index (χ1) is 7.74. The first-order valence-corrected chi connectivity index (χ1v) is 6.47. The van der Waals surface area contributed by atoms with Gasteiger partial charge in [0, 0.05) is 18.6 Å². The third kappa shape index (κ3) is 3.24. The van der Waals surface area contributed by atoms with Gasteiger partial charge in [-0.25, -0.2) is 0 Å². The molecule has 0 bridgehead atoms. The largest absolute Gasteiger partial charge is 0.281 e. The molecule has 6 heteroatoms. The summed E-state index contributed by atoms with van der Waals surface area (Å²) in [6.45, 7) is 0. The van der Waals surface area contributed by atoms with Gasteiger partial charge in [0.1, 0.15) is 0 Å². The van der Waals surface area contributed by atoms with Crippen LogP contribution in [0.25, 0.3) is 0 Å². The quantitative estimate of drug-likeness (QED) is 0.925. The smallest absolute Gasteiger partial charge is 0.242 e. The lowest BCUT2D eigenvalue weighted by Gasteiger charge is -2.15. The summed E-state index contributed by atoms with van der Waals surface area (Å²) in [5.74, 6) is 0.700. The molecule has 2 rings (SSSR count). The molecule has 0 radical (unpaired) electrons. The van der Waals surface area contributed by atoms with Gasteiger partial charge in [-0.1, -0.05) is 17.8 Å². The highest BCUT2D eigenvalue weighted by Crippen LogP contribution is 2.28. The van der Waals surface area contributed by atoms with Crippen molar-refractivity contribution in [2.24, 2.45) is 0 Å². The lowest BCUT2D eigenvalue weighted by atomic mass is 10.2. The molecule has 0 spiro atoms. The Hall–Kier alpha value is -1.01. The summed E-state index contributed by atoms with van der Waals surface area (Å²) in [4.78, 5) is 15.6. The van der Waals surface area contributed by atoms with Crippen molar-refractivity contribution >= 4 is 33.6 Å². The van der Waals surface area contributed by atoms with E-state index in [9.17, 15) is 4.79 Å². The number of pyridine rings is 1. The van der Waals surface area contributed by atoms with E-state index < -0.39 is 0 Å². The maximum Gasteiger partial charge on any atom is 0.242 e. The lowest BCUT2D eigenvalue weighted by Crippen LogP contribution is -2.37. The average Bonchev–Trinajstić information content (AvgIpc) is 2.65. The van der Waals surface area contributed by atoms with Crippen molar-refractivity contribution in [2.45, 2.75) is 6.42 Å². The number of hydrogen-bond acceptors (Lipinski definition) is 4. The second kappa shape index (κ2) is 5.36. The highest BCUT2D eigenvalue weighted by Gasteiger charge is 2.13. The van der Waals surface area contributed by atoms with E-state index in [0.29, 0.717) is 6.42 Å². The maximum atomic E-state index is 11.6. The van der Waals surface area contributed by atoms with Gasteiger partial charge < -0.3 is 0 Å². The molecule has 1 N–H and O–H groups in total. The van der Waals surface area contributed by atoms with E-state index in [1.165, 1.54) is 0 Å². The number of carbonyl (C=O) groups excluding carboxylic acids is 1. The zero-order valence-electron chi connectivity index (χ0n) is 8.39. The second-order valence-corrected chi connectivity index (χ2v) is 5.62. The SMILES string of the molecule is O=C(Cc1cccnc1)NN1C=C(Br)SC1. The summed E-state index contributed by atoms with van der Waals surface area (Å²) < 4.78 is 1.02.